The van der Waals surface area contributed by atoms with Crippen LogP contribution >= 0.6 is 0 Å². The van der Waals surface area contributed by atoms with Gasteiger partial charge < -0.3 is 14.6 Å². The fraction of sp³-hybridized carbons (Fsp3) is 0.286. The third-order valence-corrected chi connectivity index (χ3v) is 4.44. The van der Waals surface area contributed by atoms with Crippen molar-refractivity contribution < 1.29 is 9.90 Å². The molecule has 0 bridgehead atoms. The Morgan fingerprint density at radius 2 is 1.80 bits per heavy atom. The zero-order valence-corrected chi connectivity index (χ0v) is 14.7. The van der Waals surface area contributed by atoms with Crippen LogP contribution < -0.4 is 0 Å². The highest BCUT2D eigenvalue weighted by molar-refractivity contribution is 6.06. The van der Waals surface area contributed by atoms with Crippen molar-refractivity contribution in [3.05, 3.63) is 71.9 Å². The predicted octanol–water partition coefficient (Wildman–Crippen LogP) is 3.53. The Kier molecular flexibility index (Phi) is 5.19. The van der Waals surface area contributed by atoms with Gasteiger partial charge in [-0.15, -0.1) is 0 Å². The highest BCUT2D eigenvalue weighted by atomic mass is 16.3. The molecule has 0 spiro atoms. The topological polar surface area (TPSA) is 45.5 Å². The first kappa shape index (κ1) is 17.2. The summed E-state index contributed by atoms with van der Waals surface area (Å²) in [7, 11) is 1.79. The van der Waals surface area contributed by atoms with Crippen LogP contribution in [0.15, 0.2) is 60.8 Å². The van der Waals surface area contributed by atoms with E-state index >= 15 is 0 Å². The van der Waals surface area contributed by atoms with Crippen molar-refractivity contribution in [1.29, 1.82) is 0 Å². The number of carbonyl (C=O) groups excluding carboxylic acids is 1. The maximum Gasteiger partial charge on any atom is 0.255 e. The number of fused-ring (bicyclic) bond motifs is 1. The second kappa shape index (κ2) is 7.53. The van der Waals surface area contributed by atoms with Crippen LogP contribution in [0.1, 0.15) is 29.3 Å². The van der Waals surface area contributed by atoms with Crippen molar-refractivity contribution in [2.45, 2.75) is 26.0 Å². The highest BCUT2D eigenvalue weighted by Gasteiger charge is 2.18. The van der Waals surface area contributed by atoms with Gasteiger partial charge in [0.15, 0.2) is 0 Å². The van der Waals surface area contributed by atoms with Gasteiger partial charge in [-0.2, -0.15) is 0 Å². The Morgan fingerprint density at radius 1 is 1.12 bits per heavy atom. The molecule has 25 heavy (non-hydrogen) atoms. The molecule has 0 radical (unpaired) electrons. The molecule has 1 aromatic heterocycles. The molecule has 1 N–H and O–H groups in total. The molecule has 0 saturated heterocycles. The number of hydrogen-bond donors (Lipinski definition) is 1. The summed E-state index contributed by atoms with van der Waals surface area (Å²) in [5.74, 6) is -0.0105. The Bertz CT molecular complexity index is 853. The molecule has 130 valence electrons. The number of para-hydroxylation sites is 1. The third kappa shape index (κ3) is 3.91. The quantitative estimate of drug-likeness (QED) is 0.748. The molecule has 0 aliphatic rings. The van der Waals surface area contributed by atoms with E-state index in [9.17, 15) is 9.90 Å². The van der Waals surface area contributed by atoms with Crippen molar-refractivity contribution in [3.63, 3.8) is 0 Å². The zero-order chi connectivity index (χ0) is 17.8. The first-order chi connectivity index (χ1) is 12.1. The first-order valence-electron chi connectivity index (χ1n) is 8.61. The summed E-state index contributed by atoms with van der Waals surface area (Å²) in [6.07, 6.45) is 2.11. The van der Waals surface area contributed by atoms with Crippen LogP contribution in [0, 0.1) is 0 Å². The van der Waals surface area contributed by atoms with Crippen LogP contribution in [0.25, 0.3) is 10.9 Å². The molecule has 1 unspecified atom stereocenters. The molecule has 4 nitrogen and oxygen atoms in total. The number of aliphatic hydroxyl groups excluding tert-OH is 1. The molecule has 0 aliphatic heterocycles. The Morgan fingerprint density at radius 3 is 2.52 bits per heavy atom. The van der Waals surface area contributed by atoms with Crippen LogP contribution in [0.2, 0.25) is 0 Å². The second-order valence-electron chi connectivity index (χ2n) is 6.54. The summed E-state index contributed by atoms with van der Waals surface area (Å²) < 4.78 is 2.13. The van der Waals surface area contributed by atoms with E-state index < -0.39 is 6.10 Å². The van der Waals surface area contributed by atoms with Gasteiger partial charge in [-0.05, 0) is 25.0 Å². The Balaban J connectivity index is 1.92. The summed E-state index contributed by atoms with van der Waals surface area (Å²) in [6, 6.07) is 18.2. The van der Waals surface area contributed by atoms with E-state index in [0.29, 0.717) is 18.5 Å². The minimum absolute atomic E-state index is 0.0105. The van der Waals surface area contributed by atoms with E-state index in [1.165, 1.54) is 5.56 Å². The minimum Gasteiger partial charge on any atom is -0.393 e. The zero-order valence-electron chi connectivity index (χ0n) is 14.7. The van der Waals surface area contributed by atoms with E-state index in [-0.39, 0.29) is 5.91 Å². The number of amides is 1. The predicted molar refractivity (Wildman–Crippen MR) is 101 cm³/mol. The first-order valence-corrected chi connectivity index (χ1v) is 8.61. The van der Waals surface area contributed by atoms with Gasteiger partial charge in [0.2, 0.25) is 0 Å². The summed E-state index contributed by atoms with van der Waals surface area (Å²) >= 11 is 0. The number of hydrogen-bond acceptors (Lipinski definition) is 2. The van der Waals surface area contributed by atoms with E-state index in [1.54, 1.807) is 18.9 Å². The lowest BCUT2D eigenvalue weighted by molar-refractivity contribution is 0.0770. The smallest absolute Gasteiger partial charge is 0.255 e. The maximum atomic E-state index is 12.9. The van der Waals surface area contributed by atoms with Gasteiger partial charge in [0.25, 0.3) is 5.91 Å². The van der Waals surface area contributed by atoms with Crippen molar-refractivity contribution in [2.24, 2.45) is 0 Å². The molecular weight excluding hydrogens is 312 g/mol. The average Bonchev–Trinajstić information content (AvgIpc) is 2.98. The van der Waals surface area contributed by atoms with Crippen molar-refractivity contribution in [1.82, 2.24) is 9.47 Å². The maximum absolute atomic E-state index is 12.9. The SMILES string of the molecule is CC(O)CCN(C)C(=O)c1cn(Cc2ccccc2)c2ccccc12. The van der Waals surface area contributed by atoms with Crippen molar-refractivity contribution >= 4 is 16.8 Å². The van der Waals surface area contributed by atoms with Crippen LogP contribution in [-0.2, 0) is 6.54 Å². The molecule has 1 atom stereocenters. The van der Waals surface area contributed by atoms with Crippen molar-refractivity contribution in [2.75, 3.05) is 13.6 Å². The lowest BCUT2D eigenvalue weighted by Gasteiger charge is -2.17. The van der Waals surface area contributed by atoms with Crippen molar-refractivity contribution in [3.8, 4) is 0 Å². The van der Waals surface area contributed by atoms with Gasteiger partial charge in [0.05, 0.1) is 11.7 Å². The highest BCUT2D eigenvalue weighted by Crippen LogP contribution is 2.23. The molecule has 0 saturated carbocycles. The van der Waals surface area contributed by atoms with Crippen LogP contribution in [0.5, 0.6) is 0 Å². The number of benzene rings is 2. The summed E-state index contributed by atoms with van der Waals surface area (Å²) in [6.45, 7) is 3.00. The van der Waals surface area contributed by atoms with E-state index in [0.717, 1.165) is 17.4 Å². The molecule has 0 aliphatic carbocycles. The number of nitrogens with zero attached hydrogens (tertiary/aromatic N) is 2. The molecule has 3 aromatic rings. The number of carbonyl (C=O) groups is 1. The Labute approximate surface area is 148 Å². The normalized spacial score (nSPS) is 12.3. The lowest BCUT2D eigenvalue weighted by Crippen LogP contribution is -2.29. The largest absolute Gasteiger partial charge is 0.393 e. The Hall–Kier alpha value is -2.59. The summed E-state index contributed by atoms with van der Waals surface area (Å²) in [5, 5.41) is 10.4. The summed E-state index contributed by atoms with van der Waals surface area (Å²) in [4.78, 5) is 14.5. The lowest BCUT2D eigenvalue weighted by atomic mass is 10.1. The van der Waals surface area contributed by atoms with Gasteiger partial charge in [-0.3, -0.25) is 4.79 Å². The van der Waals surface area contributed by atoms with Gasteiger partial charge in [-0.1, -0.05) is 48.5 Å². The van der Waals surface area contributed by atoms with Crippen LogP contribution in [0.3, 0.4) is 0 Å². The number of rotatable bonds is 6. The van der Waals surface area contributed by atoms with Gasteiger partial charge in [-0.25, -0.2) is 0 Å². The van der Waals surface area contributed by atoms with Gasteiger partial charge >= 0.3 is 0 Å². The number of aliphatic hydroxyl groups is 1. The van der Waals surface area contributed by atoms with E-state index in [1.807, 2.05) is 48.7 Å². The molecule has 4 heteroatoms. The van der Waals surface area contributed by atoms with Crippen LogP contribution in [0.4, 0.5) is 0 Å². The number of aromatic nitrogens is 1. The molecule has 3 rings (SSSR count). The molecule has 1 amide bonds. The monoisotopic (exact) mass is 336 g/mol. The van der Waals surface area contributed by atoms with Gasteiger partial charge in [0.1, 0.15) is 0 Å². The molecular formula is C21H24N2O2. The molecule has 1 heterocycles. The van der Waals surface area contributed by atoms with Crippen LogP contribution in [-0.4, -0.2) is 40.2 Å². The fourth-order valence-electron chi connectivity index (χ4n) is 3.02. The fourth-order valence-corrected chi connectivity index (χ4v) is 3.02. The summed E-state index contributed by atoms with van der Waals surface area (Å²) in [5.41, 5.74) is 2.96. The van der Waals surface area contributed by atoms with Gasteiger partial charge in [0, 0.05) is 37.2 Å². The molecule has 0 fully saturated rings. The van der Waals surface area contributed by atoms with E-state index in [2.05, 4.69) is 16.7 Å². The van der Waals surface area contributed by atoms with E-state index in [4.69, 9.17) is 0 Å². The average molecular weight is 336 g/mol. The third-order valence-electron chi connectivity index (χ3n) is 4.44. The second-order valence-corrected chi connectivity index (χ2v) is 6.54. The molecule has 2 aromatic carbocycles. The standard InChI is InChI=1S/C21H24N2O2/c1-16(24)12-13-22(2)21(25)19-15-23(14-17-8-4-3-5-9-17)20-11-7-6-10-18(19)20/h3-11,15-16,24H,12-14H2,1-2H3. The minimum atomic E-state index is -0.408.